The van der Waals surface area contributed by atoms with Crippen molar-refractivity contribution in [1.82, 2.24) is 0 Å². The van der Waals surface area contributed by atoms with E-state index in [0.29, 0.717) is 12.3 Å². The number of primary amides is 2. The maximum absolute atomic E-state index is 11.7. The third-order valence-corrected chi connectivity index (χ3v) is 9.30. The summed E-state index contributed by atoms with van der Waals surface area (Å²) in [6.45, 7) is 22.6. The van der Waals surface area contributed by atoms with Crippen LogP contribution < -0.4 is 11.5 Å². The van der Waals surface area contributed by atoms with Crippen LogP contribution in [0.5, 0.6) is 0 Å². The Morgan fingerprint density at radius 1 is 0.853 bits per heavy atom. The van der Waals surface area contributed by atoms with Crippen LogP contribution >= 0.6 is 0 Å². The minimum absolute atomic E-state index is 0.0527. The van der Waals surface area contributed by atoms with Crippen LogP contribution in [0, 0.1) is 39.9 Å². The van der Waals surface area contributed by atoms with E-state index in [1.54, 1.807) is 0 Å². The highest BCUT2D eigenvalue weighted by Gasteiger charge is 2.50. The molecule has 34 heavy (non-hydrogen) atoms. The molecule has 0 aliphatic rings. The van der Waals surface area contributed by atoms with Crippen molar-refractivity contribution >= 4 is 11.8 Å². The van der Waals surface area contributed by atoms with Crippen molar-refractivity contribution in [3.05, 3.63) is 0 Å². The van der Waals surface area contributed by atoms with Crippen molar-refractivity contribution in [3.63, 3.8) is 0 Å². The molecule has 0 aromatic carbocycles. The molecule has 6 heteroatoms. The quantitative estimate of drug-likeness (QED) is 0.251. The van der Waals surface area contributed by atoms with Gasteiger partial charge in [0.05, 0.1) is 6.10 Å². The third kappa shape index (κ3) is 8.82. The van der Waals surface area contributed by atoms with Crippen LogP contribution in [0.25, 0.3) is 0 Å². The van der Waals surface area contributed by atoms with Gasteiger partial charge < -0.3 is 21.7 Å². The Hall–Kier alpha value is -1.14. The van der Waals surface area contributed by atoms with Gasteiger partial charge in [-0.1, -0.05) is 95.4 Å². The van der Waals surface area contributed by atoms with E-state index in [9.17, 15) is 14.7 Å². The van der Waals surface area contributed by atoms with Gasteiger partial charge in [0.2, 0.25) is 11.8 Å². The molecule has 0 aromatic heterocycles. The number of rotatable bonds is 15. The molecule has 6 N–H and O–H groups in total. The molecule has 0 spiro atoms. The number of aliphatic hydroxyl groups excluding tert-OH is 2. The van der Waals surface area contributed by atoms with Crippen LogP contribution in [0.2, 0.25) is 0 Å². The first-order valence-corrected chi connectivity index (χ1v) is 13.3. The van der Waals surface area contributed by atoms with Crippen LogP contribution in [0.3, 0.4) is 0 Å². The summed E-state index contributed by atoms with van der Waals surface area (Å²) in [5.74, 6) is 0.342. The summed E-state index contributed by atoms with van der Waals surface area (Å²) >= 11 is 0. The molecular weight excluding hydrogens is 428 g/mol. The van der Waals surface area contributed by atoms with Crippen LogP contribution in [0.15, 0.2) is 0 Å². The van der Waals surface area contributed by atoms with Crippen LogP contribution in [-0.4, -0.2) is 34.7 Å². The topological polar surface area (TPSA) is 127 Å². The molecule has 0 saturated carbocycles. The van der Waals surface area contributed by atoms with Crippen molar-refractivity contribution in [1.29, 1.82) is 0 Å². The first-order chi connectivity index (χ1) is 15.4. The summed E-state index contributed by atoms with van der Waals surface area (Å²) in [5.41, 5.74) is 10.0. The van der Waals surface area contributed by atoms with E-state index in [1.165, 1.54) is 0 Å². The molecule has 0 aliphatic heterocycles. The van der Waals surface area contributed by atoms with Gasteiger partial charge in [0.25, 0.3) is 0 Å². The van der Waals surface area contributed by atoms with Crippen molar-refractivity contribution in [2.45, 2.75) is 121 Å². The Labute approximate surface area is 210 Å². The molecule has 6 nitrogen and oxygen atoms in total. The smallest absolute Gasteiger partial charge is 0.223 e. The highest BCUT2D eigenvalue weighted by atomic mass is 16.3. The second-order valence-electron chi connectivity index (χ2n) is 11.7. The number of aliphatic hydroxyl groups is 2. The van der Waals surface area contributed by atoms with Gasteiger partial charge in [-0.25, -0.2) is 0 Å². The number of carbonyl (C=O) groups excluding carboxylic acids is 2. The second kappa shape index (κ2) is 15.1. The number of hydrogen-bond donors (Lipinski definition) is 4. The van der Waals surface area contributed by atoms with Crippen molar-refractivity contribution < 1.29 is 19.8 Å². The van der Waals surface area contributed by atoms with E-state index < -0.39 is 5.41 Å². The molecule has 0 aliphatic carbocycles. The fourth-order valence-corrected chi connectivity index (χ4v) is 5.26. The largest absolute Gasteiger partial charge is 0.396 e. The van der Waals surface area contributed by atoms with Gasteiger partial charge in [0, 0.05) is 17.9 Å². The Bertz CT molecular complexity index is 601. The molecule has 204 valence electrons. The molecule has 5 atom stereocenters. The monoisotopic (exact) mass is 486 g/mol. The lowest BCUT2D eigenvalue weighted by Gasteiger charge is -2.50. The first-order valence-electron chi connectivity index (χ1n) is 13.3. The Morgan fingerprint density at radius 3 is 1.62 bits per heavy atom. The van der Waals surface area contributed by atoms with Gasteiger partial charge in [-0.15, -0.1) is 0 Å². The van der Waals surface area contributed by atoms with Gasteiger partial charge >= 0.3 is 0 Å². The summed E-state index contributed by atoms with van der Waals surface area (Å²) < 4.78 is 0. The lowest BCUT2D eigenvalue weighted by Crippen LogP contribution is -2.51. The SMILES string of the molecule is CC(C)(CCO)C(C)(C)C(C)(C)C(N)=O.CCCC(C(N)=O)C(CC)C(C)C(CC)C(O)CC. The lowest BCUT2D eigenvalue weighted by atomic mass is 9.53. The summed E-state index contributed by atoms with van der Waals surface area (Å²) in [5, 5.41) is 19.2. The zero-order chi connectivity index (χ0) is 27.5. The number of nitrogens with two attached hydrogens (primary N) is 2. The molecule has 0 heterocycles. The van der Waals surface area contributed by atoms with E-state index >= 15 is 0 Å². The maximum atomic E-state index is 11.7. The molecule has 5 unspecified atom stereocenters. The molecule has 0 bridgehead atoms. The van der Waals surface area contributed by atoms with E-state index in [2.05, 4.69) is 41.5 Å². The summed E-state index contributed by atoms with van der Waals surface area (Å²) in [6, 6.07) is 0. The van der Waals surface area contributed by atoms with E-state index in [1.807, 2.05) is 34.6 Å². The van der Waals surface area contributed by atoms with Crippen molar-refractivity contribution in [3.8, 4) is 0 Å². The average molecular weight is 487 g/mol. The van der Waals surface area contributed by atoms with E-state index in [-0.39, 0.29) is 53.1 Å². The number of amides is 2. The van der Waals surface area contributed by atoms with Crippen molar-refractivity contribution in [2.24, 2.45) is 51.4 Å². The van der Waals surface area contributed by atoms with Gasteiger partial charge in [-0.2, -0.15) is 0 Å². The molecule has 0 fully saturated rings. The molecule has 0 saturated heterocycles. The lowest BCUT2D eigenvalue weighted by molar-refractivity contribution is -0.139. The second-order valence-corrected chi connectivity index (χ2v) is 11.7. The van der Waals surface area contributed by atoms with Crippen molar-refractivity contribution in [2.75, 3.05) is 6.61 Å². The Morgan fingerprint density at radius 2 is 1.32 bits per heavy atom. The fraction of sp³-hybridized carbons (Fsp3) is 0.929. The zero-order valence-electron chi connectivity index (χ0n) is 24.2. The molecule has 0 rings (SSSR count). The average Bonchev–Trinajstić information content (AvgIpc) is 2.73. The summed E-state index contributed by atoms with van der Waals surface area (Å²) in [6.07, 6.45) is 4.89. The van der Waals surface area contributed by atoms with Gasteiger partial charge in [0.1, 0.15) is 0 Å². The fourth-order valence-electron chi connectivity index (χ4n) is 5.26. The van der Waals surface area contributed by atoms with Crippen LogP contribution in [-0.2, 0) is 9.59 Å². The zero-order valence-corrected chi connectivity index (χ0v) is 24.2. The molecule has 2 amide bonds. The normalized spacial score (nSPS) is 17.1. The predicted molar refractivity (Wildman–Crippen MR) is 143 cm³/mol. The molecule has 0 aromatic rings. The molecule has 0 radical (unpaired) electrons. The highest BCUT2D eigenvalue weighted by Crippen LogP contribution is 2.52. The first kappa shape index (κ1) is 35.0. The number of carbonyl (C=O) groups is 2. The van der Waals surface area contributed by atoms with E-state index in [0.717, 1.165) is 32.1 Å². The van der Waals surface area contributed by atoms with Crippen LogP contribution in [0.4, 0.5) is 0 Å². The van der Waals surface area contributed by atoms with Crippen LogP contribution in [0.1, 0.15) is 115 Å². The van der Waals surface area contributed by atoms with E-state index in [4.69, 9.17) is 16.6 Å². The minimum atomic E-state index is -0.592. The Balaban J connectivity index is 0. The Kier molecular flexibility index (Phi) is 15.5. The molecular formula is C28H58N2O4. The van der Waals surface area contributed by atoms with Gasteiger partial charge in [-0.3, -0.25) is 9.59 Å². The maximum Gasteiger partial charge on any atom is 0.223 e. The summed E-state index contributed by atoms with van der Waals surface area (Å²) in [7, 11) is 0. The third-order valence-electron chi connectivity index (χ3n) is 9.30. The predicted octanol–water partition coefficient (Wildman–Crippen LogP) is 5.28. The van der Waals surface area contributed by atoms with Gasteiger partial charge in [0.15, 0.2) is 0 Å². The number of hydrogen-bond acceptors (Lipinski definition) is 4. The van der Waals surface area contributed by atoms with Gasteiger partial charge in [-0.05, 0) is 47.8 Å². The minimum Gasteiger partial charge on any atom is -0.396 e. The summed E-state index contributed by atoms with van der Waals surface area (Å²) in [4.78, 5) is 23.2. The standard InChI is InChI=1S/C16H33NO2.C12H25NO2/c1-6-10-14(16(17)19)12(7-2)11(5)13(8-3)15(18)9-4;1-10(2,7-8-14)12(5,6)11(3,4)9(13)15/h11-15,18H,6-10H2,1-5H3,(H2,17,19);14H,7-8H2,1-6H3,(H2,13,15). The highest BCUT2D eigenvalue weighted by molar-refractivity contribution is 5.81.